The van der Waals surface area contributed by atoms with E-state index in [1.165, 1.54) is 6.07 Å². The molecular weight excluding hydrogens is 276 g/mol. The molecule has 0 radical (unpaired) electrons. The molecule has 1 atom stereocenters. The van der Waals surface area contributed by atoms with Crippen LogP contribution in [0.15, 0.2) is 18.2 Å². The third-order valence-electron chi connectivity index (χ3n) is 3.10. The van der Waals surface area contributed by atoms with E-state index in [0.717, 1.165) is 5.75 Å². The van der Waals surface area contributed by atoms with Crippen LogP contribution >= 0.6 is 11.8 Å². The molecule has 0 bridgehead atoms. The summed E-state index contributed by atoms with van der Waals surface area (Å²) in [5.41, 5.74) is 1.46. The smallest absolute Gasteiger partial charge is 0.335 e. The number of carboxylic acid groups (broad SMARTS) is 1. The van der Waals surface area contributed by atoms with Crippen LogP contribution in [0.4, 0.5) is 10.5 Å². The van der Waals surface area contributed by atoms with Crippen LogP contribution in [0.1, 0.15) is 22.8 Å². The van der Waals surface area contributed by atoms with Gasteiger partial charge in [-0.2, -0.15) is 11.8 Å². The summed E-state index contributed by atoms with van der Waals surface area (Å²) in [5.74, 6) is -0.105. The van der Waals surface area contributed by atoms with Gasteiger partial charge in [0.1, 0.15) is 0 Å². The van der Waals surface area contributed by atoms with Crippen molar-refractivity contribution in [1.82, 2.24) is 4.90 Å². The highest BCUT2D eigenvalue weighted by Crippen LogP contribution is 2.16. The van der Waals surface area contributed by atoms with Crippen LogP contribution < -0.4 is 5.32 Å². The highest BCUT2D eigenvalue weighted by atomic mass is 32.2. The average molecular weight is 296 g/mol. The molecule has 0 heterocycles. The van der Waals surface area contributed by atoms with Crippen LogP contribution in [-0.2, 0) is 0 Å². The Bertz CT molecular complexity index is 505. The van der Waals surface area contributed by atoms with Crippen molar-refractivity contribution in [2.75, 3.05) is 24.4 Å². The van der Waals surface area contributed by atoms with Crippen LogP contribution in [0.5, 0.6) is 0 Å². The van der Waals surface area contributed by atoms with Crippen molar-refractivity contribution in [3.8, 4) is 0 Å². The van der Waals surface area contributed by atoms with Gasteiger partial charge in [0.25, 0.3) is 0 Å². The molecule has 0 saturated heterocycles. The van der Waals surface area contributed by atoms with Gasteiger partial charge in [-0.15, -0.1) is 0 Å². The molecule has 0 fully saturated rings. The number of nitrogens with zero attached hydrogens (tertiary/aromatic N) is 1. The summed E-state index contributed by atoms with van der Waals surface area (Å²) >= 11 is 1.68. The monoisotopic (exact) mass is 296 g/mol. The molecule has 0 aliphatic carbocycles. The molecule has 0 aliphatic rings. The molecule has 2 N–H and O–H groups in total. The minimum absolute atomic E-state index is 0.129. The Morgan fingerprint density at radius 1 is 1.45 bits per heavy atom. The molecule has 2 amide bonds. The Kier molecular flexibility index (Phi) is 5.88. The average Bonchev–Trinajstić information content (AvgIpc) is 2.37. The zero-order chi connectivity index (χ0) is 15.3. The molecule has 0 spiro atoms. The number of amides is 2. The van der Waals surface area contributed by atoms with Gasteiger partial charge in [0.05, 0.1) is 5.56 Å². The molecule has 1 aromatic rings. The van der Waals surface area contributed by atoms with Crippen molar-refractivity contribution in [3.63, 3.8) is 0 Å². The lowest BCUT2D eigenvalue weighted by Gasteiger charge is -2.24. The van der Waals surface area contributed by atoms with E-state index >= 15 is 0 Å². The van der Waals surface area contributed by atoms with Gasteiger partial charge in [-0.25, -0.2) is 9.59 Å². The lowest BCUT2D eigenvalue weighted by molar-refractivity contribution is 0.0696. The van der Waals surface area contributed by atoms with Gasteiger partial charge >= 0.3 is 12.0 Å². The lowest BCUT2D eigenvalue weighted by atomic mass is 10.1. The van der Waals surface area contributed by atoms with E-state index in [1.807, 2.05) is 13.2 Å². The number of urea groups is 1. The second-order valence-corrected chi connectivity index (χ2v) is 5.59. The number of aromatic carboxylic acids is 1. The van der Waals surface area contributed by atoms with Crippen molar-refractivity contribution in [3.05, 3.63) is 29.3 Å². The standard InChI is InChI=1S/C14H20N2O3S/c1-9-7-11(5-6-12(9)13(17)18)15-14(19)16(3)10(2)8-20-4/h5-7,10H,8H2,1-4H3,(H,15,19)(H,17,18). The van der Waals surface area contributed by atoms with Crippen molar-refractivity contribution in [1.29, 1.82) is 0 Å². The van der Waals surface area contributed by atoms with Crippen molar-refractivity contribution >= 4 is 29.4 Å². The summed E-state index contributed by atoms with van der Waals surface area (Å²) in [6.07, 6.45) is 2.00. The van der Waals surface area contributed by atoms with E-state index in [0.29, 0.717) is 11.3 Å². The maximum Gasteiger partial charge on any atom is 0.335 e. The third-order valence-corrected chi connectivity index (χ3v) is 3.91. The third kappa shape index (κ3) is 4.16. The SMILES string of the molecule is CSCC(C)N(C)C(=O)Nc1ccc(C(=O)O)c(C)c1. The van der Waals surface area contributed by atoms with Crippen LogP contribution in [-0.4, -0.2) is 47.1 Å². The first-order valence-electron chi connectivity index (χ1n) is 6.23. The van der Waals surface area contributed by atoms with Crippen LogP contribution in [0.3, 0.4) is 0 Å². The summed E-state index contributed by atoms with van der Waals surface area (Å²) in [7, 11) is 1.74. The number of carbonyl (C=O) groups excluding carboxylic acids is 1. The highest BCUT2D eigenvalue weighted by Gasteiger charge is 2.16. The molecule has 5 nitrogen and oxygen atoms in total. The predicted octanol–water partition coefficient (Wildman–Crippen LogP) is 2.91. The predicted molar refractivity (Wildman–Crippen MR) is 82.8 cm³/mol. The summed E-state index contributed by atoms with van der Waals surface area (Å²) in [6, 6.07) is 4.69. The van der Waals surface area contributed by atoms with E-state index in [-0.39, 0.29) is 17.6 Å². The minimum atomic E-state index is -0.967. The van der Waals surface area contributed by atoms with Gasteiger partial charge < -0.3 is 15.3 Å². The van der Waals surface area contributed by atoms with Gasteiger partial charge in [-0.3, -0.25) is 0 Å². The number of hydrogen-bond acceptors (Lipinski definition) is 3. The number of hydrogen-bond donors (Lipinski definition) is 2. The maximum absolute atomic E-state index is 12.0. The molecular formula is C14H20N2O3S. The second-order valence-electron chi connectivity index (χ2n) is 4.68. The molecule has 1 unspecified atom stereocenters. The number of rotatable bonds is 5. The summed E-state index contributed by atoms with van der Waals surface area (Å²) in [6.45, 7) is 3.69. The quantitative estimate of drug-likeness (QED) is 0.876. The normalized spacial score (nSPS) is 11.8. The maximum atomic E-state index is 12.0. The number of benzene rings is 1. The van der Waals surface area contributed by atoms with Crippen molar-refractivity contribution < 1.29 is 14.7 Å². The molecule has 0 aromatic heterocycles. The Hall–Kier alpha value is -1.69. The van der Waals surface area contributed by atoms with Gasteiger partial charge in [0.2, 0.25) is 0 Å². The number of nitrogens with one attached hydrogen (secondary N) is 1. The first-order valence-corrected chi connectivity index (χ1v) is 7.63. The Morgan fingerprint density at radius 2 is 2.10 bits per heavy atom. The Labute approximate surface area is 123 Å². The largest absolute Gasteiger partial charge is 0.478 e. The fourth-order valence-electron chi connectivity index (χ4n) is 1.75. The minimum Gasteiger partial charge on any atom is -0.478 e. The zero-order valence-corrected chi connectivity index (χ0v) is 13.0. The zero-order valence-electron chi connectivity index (χ0n) is 12.1. The van der Waals surface area contributed by atoms with Gasteiger partial charge in [0, 0.05) is 24.5 Å². The van der Waals surface area contributed by atoms with Crippen LogP contribution in [0.25, 0.3) is 0 Å². The van der Waals surface area contributed by atoms with E-state index in [2.05, 4.69) is 5.32 Å². The van der Waals surface area contributed by atoms with Crippen LogP contribution in [0, 0.1) is 6.92 Å². The van der Waals surface area contributed by atoms with E-state index in [1.54, 1.807) is 42.8 Å². The number of carboxylic acids is 1. The number of anilines is 1. The lowest BCUT2D eigenvalue weighted by Crippen LogP contribution is -2.39. The summed E-state index contributed by atoms with van der Waals surface area (Å²) in [4.78, 5) is 24.6. The second kappa shape index (κ2) is 7.19. The van der Waals surface area contributed by atoms with Crippen molar-refractivity contribution in [2.24, 2.45) is 0 Å². The molecule has 0 saturated carbocycles. The van der Waals surface area contributed by atoms with E-state index in [4.69, 9.17) is 5.11 Å². The fraction of sp³-hybridized carbons (Fsp3) is 0.429. The van der Waals surface area contributed by atoms with Gasteiger partial charge in [-0.05, 0) is 43.9 Å². The highest BCUT2D eigenvalue weighted by molar-refractivity contribution is 7.98. The molecule has 110 valence electrons. The van der Waals surface area contributed by atoms with E-state index in [9.17, 15) is 9.59 Å². The van der Waals surface area contributed by atoms with Gasteiger partial charge in [-0.1, -0.05) is 0 Å². The molecule has 1 aromatic carbocycles. The van der Waals surface area contributed by atoms with Crippen molar-refractivity contribution in [2.45, 2.75) is 19.9 Å². The number of aryl methyl sites for hydroxylation is 1. The number of carbonyl (C=O) groups is 2. The Morgan fingerprint density at radius 3 is 2.60 bits per heavy atom. The first kappa shape index (κ1) is 16.4. The molecule has 1 rings (SSSR count). The topological polar surface area (TPSA) is 69.6 Å². The summed E-state index contributed by atoms with van der Waals surface area (Å²) < 4.78 is 0. The first-order chi connectivity index (χ1) is 9.36. The Balaban J connectivity index is 2.76. The summed E-state index contributed by atoms with van der Waals surface area (Å²) in [5, 5.41) is 11.7. The molecule has 6 heteroatoms. The molecule has 20 heavy (non-hydrogen) atoms. The van der Waals surface area contributed by atoms with Crippen LogP contribution in [0.2, 0.25) is 0 Å². The molecule has 0 aliphatic heterocycles. The van der Waals surface area contributed by atoms with Gasteiger partial charge in [0.15, 0.2) is 0 Å². The fourth-order valence-corrected chi connectivity index (χ4v) is 2.45. The number of thioether (sulfide) groups is 1. The van der Waals surface area contributed by atoms with E-state index < -0.39 is 5.97 Å².